The maximum Gasteiger partial charge on any atom is 0.422 e. The highest BCUT2D eigenvalue weighted by Crippen LogP contribution is 2.34. The molecule has 0 unspecified atom stereocenters. The zero-order valence-corrected chi connectivity index (χ0v) is 31.6. The van der Waals surface area contributed by atoms with Crippen molar-refractivity contribution in [2.75, 3.05) is 13.1 Å². The normalized spacial score (nSPS) is 31.5. The third kappa shape index (κ3) is 10.3. The molecule has 4 saturated carbocycles. The van der Waals surface area contributed by atoms with E-state index in [1.165, 1.54) is 0 Å². The first kappa shape index (κ1) is 39.6. The summed E-state index contributed by atoms with van der Waals surface area (Å²) in [6.07, 6.45) is 7.87. The first-order valence-electron chi connectivity index (χ1n) is 18.1. The van der Waals surface area contributed by atoms with Crippen molar-refractivity contribution in [3.8, 4) is 0 Å². The maximum atomic E-state index is 13.2. The van der Waals surface area contributed by atoms with Crippen LogP contribution in [0.5, 0.6) is 0 Å². The monoisotopic (exact) mass is 776 g/mol. The maximum absolute atomic E-state index is 13.2. The van der Waals surface area contributed by atoms with Crippen LogP contribution in [-0.4, -0.2) is 105 Å². The Kier molecular flexibility index (Phi) is 13.2. The molecule has 0 aromatic carbocycles. The molecule has 8 atom stereocenters. The summed E-state index contributed by atoms with van der Waals surface area (Å²) in [6.45, 7) is 6.45. The van der Waals surface area contributed by atoms with Crippen LogP contribution < -0.4 is 32.1 Å². The number of halogens is 3. The van der Waals surface area contributed by atoms with E-state index < -0.39 is 22.0 Å². The number of amides is 6. The highest BCUT2D eigenvalue weighted by molar-refractivity contribution is 6.63. The lowest BCUT2D eigenvalue weighted by Gasteiger charge is -2.45. The second kappa shape index (κ2) is 17.0. The van der Waals surface area contributed by atoms with Crippen molar-refractivity contribution in [1.82, 2.24) is 42.1 Å². The van der Waals surface area contributed by atoms with Crippen molar-refractivity contribution in [3.63, 3.8) is 0 Å². The van der Waals surface area contributed by atoms with Gasteiger partial charge in [-0.15, -0.1) is 0 Å². The smallest absolute Gasteiger partial charge is 0.422 e. The second-order valence-corrected chi connectivity index (χ2v) is 17.3. The number of nitrogens with zero attached hydrogens (tertiary/aromatic N) is 2. The van der Waals surface area contributed by atoms with Crippen LogP contribution in [0.15, 0.2) is 0 Å². The molecular weight excluding hydrogens is 727 g/mol. The number of hydrogen-bond donors (Lipinski definition) is 6. The number of ether oxygens (including phenoxy) is 1. The molecule has 18 heteroatoms. The molecule has 6 amide bonds. The Bertz CT molecular complexity index is 1330. The number of carbonyl (C=O) groups is 6. The van der Waals surface area contributed by atoms with Gasteiger partial charge < -0.3 is 26.0 Å². The van der Waals surface area contributed by atoms with Gasteiger partial charge in [-0.25, -0.2) is 14.8 Å². The molecule has 6 rings (SSSR count). The Morgan fingerprint density at radius 3 is 1.33 bits per heavy atom. The Labute approximate surface area is 313 Å². The van der Waals surface area contributed by atoms with E-state index >= 15 is 0 Å². The Morgan fingerprint density at radius 2 is 0.980 bits per heavy atom. The molecule has 286 valence electrons. The minimum atomic E-state index is -0.750. The van der Waals surface area contributed by atoms with E-state index in [2.05, 4.69) is 32.1 Å². The highest BCUT2D eigenvalue weighted by Gasteiger charge is 2.47. The highest BCUT2D eigenvalue weighted by atomic mass is 35.6. The zero-order valence-electron chi connectivity index (χ0n) is 29.4. The molecule has 2 aliphatic heterocycles. The van der Waals surface area contributed by atoms with Crippen molar-refractivity contribution in [3.05, 3.63) is 0 Å². The molecule has 0 bridgehead atoms. The lowest BCUT2D eigenvalue weighted by atomic mass is 9.74. The van der Waals surface area contributed by atoms with E-state index in [1.807, 2.05) is 0 Å². The van der Waals surface area contributed by atoms with Gasteiger partial charge in [0.05, 0.1) is 17.8 Å². The average Bonchev–Trinajstić information content (AvgIpc) is 2.93. The lowest BCUT2D eigenvalue weighted by Crippen LogP contribution is -2.66. The van der Waals surface area contributed by atoms with Crippen molar-refractivity contribution >= 4 is 70.4 Å². The minimum absolute atomic E-state index is 0.0361. The van der Waals surface area contributed by atoms with Crippen LogP contribution in [0.25, 0.3) is 0 Å². The third-order valence-corrected chi connectivity index (χ3v) is 10.8. The van der Waals surface area contributed by atoms with Gasteiger partial charge >= 0.3 is 6.09 Å². The van der Waals surface area contributed by atoms with Crippen molar-refractivity contribution in [1.29, 1.82) is 0 Å². The predicted molar refractivity (Wildman–Crippen MR) is 189 cm³/mol. The van der Waals surface area contributed by atoms with Gasteiger partial charge in [0.15, 0.2) is 4.30 Å². The topological polar surface area (TPSA) is 190 Å². The van der Waals surface area contributed by atoms with Crippen LogP contribution in [0, 0.1) is 17.8 Å². The summed E-state index contributed by atoms with van der Waals surface area (Å²) in [6, 6.07) is -1.48. The molecule has 2 saturated heterocycles. The van der Waals surface area contributed by atoms with E-state index in [-0.39, 0.29) is 77.5 Å². The second-order valence-electron chi connectivity index (χ2n) is 15.4. The van der Waals surface area contributed by atoms with Crippen LogP contribution in [0.3, 0.4) is 0 Å². The van der Waals surface area contributed by atoms with E-state index in [4.69, 9.17) is 39.5 Å². The van der Waals surface area contributed by atoms with Gasteiger partial charge in [-0.3, -0.25) is 34.8 Å². The average molecular weight is 778 g/mol. The quantitative estimate of drug-likeness (QED) is 0.170. The van der Waals surface area contributed by atoms with Gasteiger partial charge in [0.1, 0.15) is 17.7 Å². The van der Waals surface area contributed by atoms with Crippen molar-refractivity contribution in [2.24, 2.45) is 17.8 Å². The van der Waals surface area contributed by atoms with Gasteiger partial charge in [-0.05, 0) is 91.4 Å². The van der Waals surface area contributed by atoms with E-state index in [0.717, 1.165) is 19.3 Å². The largest absolute Gasteiger partial charge is 0.443 e. The number of alkyl halides is 3. The van der Waals surface area contributed by atoms with E-state index in [9.17, 15) is 28.8 Å². The minimum Gasteiger partial charge on any atom is -0.443 e. The van der Waals surface area contributed by atoms with Gasteiger partial charge in [0, 0.05) is 37.3 Å². The summed E-state index contributed by atoms with van der Waals surface area (Å²) >= 11 is 14.4. The molecule has 6 fully saturated rings. The van der Waals surface area contributed by atoms with Gasteiger partial charge in [-0.1, -0.05) is 34.8 Å². The number of nitrogens with one attached hydrogen (secondary N) is 6. The molecule has 0 spiro atoms. The molecule has 2 heterocycles. The Morgan fingerprint density at radius 1 is 0.569 bits per heavy atom. The van der Waals surface area contributed by atoms with Crippen LogP contribution in [0.1, 0.15) is 91.4 Å². The summed E-state index contributed by atoms with van der Waals surface area (Å²) in [7, 11) is 0. The Hall–Kier alpha value is -2.59. The van der Waals surface area contributed by atoms with Crippen LogP contribution in [0.2, 0.25) is 0 Å². The molecule has 4 aliphatic carbocycles. The lowest BCUT2D eigenvalue weighted by molar-refractivity contribution is -0.145. The van der Waals surface area contributed by atoms with Crippen LogP contribution in [-0.2, 0) is 28.7 Å². The molecular formula is C33H51Cl3N8O7. The third-order valence-electron chi connectivity index (χ3n) is 10.8. The molecule has 0 aromatic rings. The standard InChI is InChI=1S/C32H50N8O7.CHCl3/c1-32(2,3)47-31(46)38-40-16-14-25(40)30(45)36-22-11-8-19(22)27(42)34-21-10-7-18(21)26(41)35-23-12-9-20(23)28(43)37-39-15-13-24(39)29(44)33-17-5-4-6-17;2-1(3)4/h17-25H,4-16H2,1-3H3,(H,33,44)(H,34,42)(H,35,41)(H,36,45)(H,37,43)(H,38,46);1H/t18-,19-,20-,21-,22-,23-,24+,25+;/m1./s1. The summed E-state index contributed by atoms with van der Waals surface area (Å²) in [5.41, 5.74) is 4.87. The van der Waals surface area contributed by atoms with Gasteiger partial charge in [-0.2, -0.15) is 0 Å². The first-order chi connectivity index (χ1) is 24.1. The van der Waals surface area contributed by atoms with Crippen LogP contribution in [0.4, 0.5) is 4.79 Å². The molecule has 51 heavy (non-hydrogen) atoms. The number of hydrazine groups is 2. The van der Waals surface area contributed by atoms with E-state index in [0.29, 0.717) is 64.5 Å². The number of carbonyl (C=O) groups excluding carboxylic acids is 6. The fourth-order valence-electron chi connectivity index (χ4n) is 6.90. The van der Waals surface area contributed by atoms with Gasteiger partial charge in [0.2, 0.25) is 29.5 Å². The fraction of sp³-hybridized carbons (Fsp3) is 0.818. The van der Waals surface area contributed by atoms with Crippen molar-refractivity contribution in [2.45, 2.75) is 138 Å². The van der Waals surface area contributed by atoms with E-state index in [1.54, 1.807) is 30.8 Å². The molecule has 0 radical (unpaired) electrons. The predicted octanol–water partition coefficient (Wildman–Crippen LogP) is 1.95. The number of rotatable bonds is 11. The zero-order chi connectivity index (χ0) is 37.0. The van der Waals surface area contributed by atoms with Crippen LogP contribution >= 0.6 is 34.8 Å². The molecule has 0 aromatic heterocycles. The molecule has 6 N–H and O–H groups in total. The van der Waals surface area contributed by atoms with Crippen molar-refractivity contribution < 1.29 is 33.5 Å². The Balaban J connectivity index is 0.00000120. The summed E-state index contributed by atoms with van der Waals surface area (Å²) in [4.78, 5) is 76.8. The first-order valence-corrected chi connectivity index (χ1v) is 19.4. The summed E-state index contributed by atoms with van der Waals surface area (Å²) < 4.78 is 4.52. The SMILES string of the molecule is CC(C)(C)OC(=O)NN1CC[C@H]1C(=O)N[C@@H]1CC[C@H]1C(=O)N[C@@H]1CC[C@H]1C(=O)N[C@@H]1CC[C@H]1C(=O)NN1CC[C@H]1C(=O)NC1CCC1.ClC(Cl)Cl. The number of hydrogen-bond acceptors (Lipinski definition) is 9. The summed E-state index contributed by atoms with van der Waals surface area (Å²) in [5.74, 6) is -1.88. The fourth-order valence-corrected chi connectivity index (χ4v) is 6.90. The summed E-state index contributed by atoms with van der Waals surface area (Å²) in [5, 5.41) is 15.3. The van der Waals surface area contributed by atoms with Gasteiger partial charge in [0.25, 0.3) is 0 Å². The molecule has 15 nitrogen and oxygen atoms in total. The molecule has 6 aliphatic rings.